The number of hydrogen-bond acceptors (Lipinski definition) is 4. The van der Waals surface area contributed by atoms with Gasteiger partial charge in [0.25, 0.3) is 0 Å². The first-order valence-corrected chi connectivity index (χ1v) is 5.26. The Hall–Kier alpha value is -0.430. The Balaban J connectivity index is 4.13. The molecule has 0 aromatic rings. The van der Waals surface area contributed by atoms with Crippen LogP contribution in [0.5, 0.6) is 0 Å². The highest BCUT2D eigenvalue weighted by Crippen LogP contribution is 2.07. The van der Waals surface area contributed by atoms with Crippen molar-refractivity contribution in [2.75, 3.05) is 6.54 Å². The zero-order valence-corrected chi connectivity index (χ0v) is 8.50. The first-order valence-electron chi connectivity index (χ1n) is 3.71. The summed E-state index contributed by atoms with van der Waals surface area (Å²) in [4.78, 5) is 0. The predicted octanol–water partition coefficient (Wildman–Crippen LogP) is -0.819. The summed E-state index contributed by atoms with van der Waals surface area (Å²) in [7, 11) is -3.53. The van der Waals surface area contributed by atoms with Crippen LogP contribution in [0.2, 0.25) is 0 Å². The molecule has 1 unspecified atom stereocenters. The van der Waals surface area contributed by atoms with E-state index < -0.39 is 21.7 Å². The summed E-state index contributed by atoms with van der Waals surface area (Å²) in [5, 5.41) is 19.2. The van der Waals surface area contributed by atoms with Crippen LogP contribution >= 0.6 is 0 Å². The minimum absolute atomic E-state index is 0.238. The second kappa shape index (κ2) is 4.19. The van der Waals surface area contributed by atoms with Gasteiger partial charge in [-0.2, -0.15) is 0 Å². The molecule has 0 amide bonds. The summed E-state index contributed by atoms with van der Waals surface area (Å²) in [6.07, 6.45) is -1.15. The van der Waals surface area contributed by atoms with Crippen LogP contribution < -0.4 is 4.72 Å². The van der Waals surface area contributed by atoms with Crippen LogP contribution in [0.25, 0.3) is 0 Å². The predicted molar refractivity (Wildman–Crippen MR) is 49.4 cm³/mol. The number of nitrogens with one attached hydrogen (secondary N) is 1. The van der Waals surface area contributed by atoms with Gasteiger partial charge in [-0.25, -0.2) is 13.1 Å². The molecule has 0 radical (unpaired) electrons. The fourth-order valence-corrected chi connectivity index (χ4v) is 1.01. The molecule has 0 aromatic heterocycles. The third-order valence-electron chi connectivity index (χ3n) is 1.51. The molecule has 0 rings (SSSR count). The van der Waals surface area contributed by atoms with Gasteiger partial charge in [-0.05, 0) is 13.8 Å². The van der Waals surface area contributed by atoms with E-state index in [2.05, 4.69) is 11.3 Å². The Morgan fingerprint density at radius 3 is 2.38 bits per heavy atom. The number of sulfonamides is 1. The monoisotopic (exact) mass is 209 g/mol. The standard InChI is InChI=1S/C7H15NO4S/c1-4-13(11,12)8-5-6(9)7(2,3)10/h4,6,8-10H,1,5H2,2-3H3. The summed E-state index contributed by atoms with van der Waals surface area (Å²) >= 11 is 0. The molecule has 0 heterocycles. The van der Waals surface area contributed by atoms with E-state index >= 15 is 0 Å². The maximum Gasteiger partial charge on any atom is 0.233 e. The van der Waals surface area contributed by atoms with Gasteiger partial charge in [0.2, 0.25) is 10.0 Å². The first-order chi connectivity index (χ1) is 5.69. The van der Waals surface area contributed by atoms with Crippen molar-refractivity contribution in [3.8, 4) is 0 Å². The van der Waals surface area contributed by atoms with Crippen LogP contribution in [-0.2, 0) is 10.0 Å². The molecule has 3 N–H and O–H groups in total. The van der Waals surface area contributed by atoms with Crippen molar-refractivity contribution in [2.45, 2.75) is 25.6 Å². The molecule has 0 aliphatic rings. The molecule has 0 bridgehead atoms. The lowest BCUT2D eigenvalue weighted by atomic mass is 10.0. The lowest BCUT2D eigenvalue weighted by molar-refractivity contribution is -0.0439. The minimum atomic E-state index is -3.53. The highest BCUT2D eigenvalue weighted by Gasteiger charge is 2.25. The largest absolute Gasteiger partial charge is 0.389 e. The molecule has 0 aromatic carbocycles. The molecule has 0 aliphatic carbocycles. The number of hydrogen-bond donors (Lipinski definition) is 3. The van der Waals surface area contributed by atoms with E-state index in [0.29, 0.717) is 0 Å². The van der Waals surface area contributed by atoms with Gasteiger partial charge in [-0.1, -0.05) is 6.58 Å². The van der Waals surface area contributed by atoms with Crippen molar-refractivity contribution in [2.24, 2.45) is 0 Å². The summed E-state index contributed by atoms with van der Waals surface area (Å²) in [6.45, 7) is 5.62. The summed E-state index contributed by atoms with van der Waals surface area (Å²) < 4.78 is 23.7. The van der Waals surface area contributed by atoms with Gasteiger partial charge in [-0.15, -0.1) is 0 Å². The Morgan fingerprint density at radius 2 is 2.08 bits per heavy atom. The third kappa shape index (κ3) is 4.99. The second-order valence-electron chi connectivity index (χ2n) is 3.23. The number of aliphatic hydroxyl groups is 2. The number of aliphatic hydroxyl groups excluding tert-OH is 1. The van der Waals surface area contributed by atoms with Crippen molar-refractivity contribution in [3.63, 3.8) is 0 Å². The van der Waals surface area contributed by atoms with Crippen molar-refractivity contribution < 1.29 is 18.6 Å². The Kier molecular flexibility index (Phi) is 4.05. The first kappa shape index (κ1) is 12.6. The molecular weight excluding hydrogens is 194 g/mol. The Bertz CT molecular complexity index is 265. The molecular formula is C7H15NO4S. The average molecular weight is 209 g/mol. The minimum Gasteiger partial charge on any atom is -0.389 e. The maximum atomic E-state index is 10.8. The van der Waals surface area contributed by atoms with E-state index in [1.807, 2.05) is 0 Å². The van der Waals surface area contributed by atoms with E-state index in [4.69, 9.17) is 0 Å². The maximum absolute atomic E-state index is 10.8. The second-order valence-corrected chi connectivity index (χ2v) is 4.94. The Morgan fingerprint density at radius 1 is 1.62 bits per heavy atom. The summed E-state index contributed by atoms with van der Waals surface area (Å²) in [6, 6.07) is 0. The van der Waals surface area contributed by atoms with Crippen LogP contribution in [0.1, 0.15) is 13.8 Å². The molecule has 0 fully saturated rings. The Labute approximate surface area is 78.1 Å². The van der Waals surface area contributed by atoms with Crippen molar-refractivity contribution >= 4 is 10.0 Å². The molecule has 0 saturated heterocycles. The van der Waals surface area contributed by atoms with Crippen molar-refractivity contribution in [1.29, 1.82) is 0 Å². The molecule has 0 aliphatic heterocycles. The fraction of sp³-hybridized carbons (Fsp3) is 0.714. The van der Waals surface area contributed by atoms with Gasteiger partial charge in [0.15, 0.2) is 0 Å². The van der Waals surface area contributed by atoms with Crippen LogP contribution in [0.15, 0.2) is 12.0 Å². The lowest BCUT2D eigenvalue weighted by Gasteiger charge is -2.24. The van der Waals surface area contributed by atoms with Gasteiger partial charge in [0.05, 0.1) is 11.7 Å². The van der Waals surface area contributed by atoms with E-state index in [1.165, 1.54) is 13.8 Å². The SMILES string of the molecule is C=CS(=O)(=O)NCC(O)C(C)(C)O. The van der Waals surface area contributed by atoms with Crippen molar-refractivity contribution in [1.82, 2.24) is 4.72 Å². The van der Waals surface area contributed by atoms with Gasteiger partial charge < -0.3 is 10.2 Å². The van der Waals surface area contributed by atoms with Crippen LogP contribution in [-0.4, -0.2) is 36.9 Å². The molecule has 13 heavy (non-hydrogen) atoms. The van der Waals surface area contributed by atoms with Crippen LogP contribution in [0, 0.1) is 0 Å². The van der Waals surface area contributed by atoms with E-state index in [1.54, 1.807) is 0 Å². The van der Waals surface area contributed by atoms with Gasteiger partial charge in [0.1, 0.15) is 0 Å². The highest BCUT2D eigenvalue weighted by molar-refractivity contribution is 7.92. The zero-order chi connectivity index (χ0) is 10.7. The fourth-order valence-electron chi connectivity index (χ4n) is 0.504. The quantitative estimate of drug-likeness (QED) is 0.552. The van der Waals surface area contributed by atoms with Gasteiger partial charge >= 0.3 is 0 Å². The molecule has 1 atom stereocenters. The average Bonchev–Trinajstić information content (AvgIpc) is 1.98. The van der Waals surface area contributed by atoms with Gasteiger partial charge in [0, 0.05) is 12.0 Å². The number of rotatable bonds is 5. The normalized spacial score (nSPS) is 15.4. The van der Waals surface area contributed by atoms with Gasteiger partial charge in [-0.3, -0.25) is 0 Å². The lowest BCUT2D eigenvalue weighted by Crippen LogP contribution is -2.44. The highest BCUT2D eigenvalue weighted by atomic mass is 32.2. The third-order valence-corrected chi connectivity index (χ3v) is 2.52. The topological polar surface area (TPSA) is 86.6 Å². The molecule has 0 spiro atoms. The zero-order valence-electron chi connectivity index (χ0n) is 7.69. The molecule has 0 saturated carbocycles. The van der Waals surface area contributed by atoms with E-state index in [0.717, 1.165) is 5.41 Å². The summed E-state index contributed by atoms with van der Waals surface area (Å²) in [5.41, 5.74) is -1.33. The smallest absolute Gasteiger partial charge is 0.233 e. The van der Waals surface area contributed by atoms with Crippen LogP contribution in [0.4, 0.5) is 0 Å². The summed E-state index contributed by atoms with van der Waals surface area (Å²) in [5.74, 6) is 0. The van der Waals surface area contributed by atoms with Crippen molar-refractivity contribution in [3.05, 3.63) is 12.0 Å². The van der Waals surface area contributed by atoms with E-state index in [-0.39, 0.29) is 6.54 Å². The van der Waals surface area contributed by atoms with E-state index in [9.17, 15) is 18.6 Å². The van der Waals surface area contributed by atoms with Crippen LogP contribution in [0.3, 0.4) is 0 Å². The molecule has 78 valence electrons. The molecule has 5 nitrogen and oxygen atoms in total. The molecule has 6 heteroatoms.